The first kappa shape index (κ1) is 18.9. The van der Waals surface area contributed by atoms with Crippen molar-refractivity contribution in [2.24, 2.45) is 11.1 Å². The Bertz CT molecular complexity index is 420. The first-order chi connectivity index (χ1) is 7.71. The molecule has 3 nitrogen and oxygen atoms in total. The number of hydrogen-bond donors (Lipinski definition) is 2. The lowest BCUT2D eigenvalue weighted by Gasteiger charge is -2.37. The third-order valence-electron chi connectivity index (χ3n) is 4.25. The van der Waals surface area contributed by atoms with E-state index in [0.29, 0.717) is 0 Å². The Morgan fingerprint density at radius 3 is 2.53 bits per heavy atom. The molecular formula is C13H22Cl3N3. The van der Waals surface area contributed by atoms with Crippen molar-refractivity contribution in [2.45, 2.75) is 32.2 Å². The van der Waals surface area contributed by atoms with Crippen molar-refractivity contribution in [3.05, 3.63) is 29.1 Å². The molecule has 110 valence electrons. The minimum atomic E-state index is 0. The van der Waals surface area contributed by atoms with Crippen LogP contribution in [0.3, 0.4) is 0 Å². The van der Waals surface area contributed by atoms with Gasteiger partial charge in [-0.25, -0.2) is 0 Å². The lowest BCUT2D eigenvalue weighted by Crippen LogP contribution is -2.42. The van der Waals surface area contributed by atoms with E-state index in [0.717, 1.165) is 19.5 Å². The Labute approximate surface area is 133 Å². The van der Waals surface area contributed by atoms with Crippen LogP contribution in [0.4, 0.5) is 0 Å². The van der Waals surface area contributed by atoms with Crippen LogP contribution in [0.15, 0.2) is 12.3 Å². The molecule has 6 heteroatoms. The number of halogens is 3. The predicted molar refractivity (Wildman–Crippen MR) is 85.9 cm³/mol. The van der Waals surface area contributed by atoms with Crippen LogP contribution in [0.1, 0.15) is 35.7 Å². The third kappa shape index (κ3) is 3.17. The van der Waals surface area contributed by atoms with Gasteiger partial charge in [0.2, 0.25) is 0 Å². The van der Waals surface area contributed by atoms with Gasteiger partial charge >= 0.3 is 0 Å². The second-order valence-corrected chi connectivity index (χ2v) is 5.32. The number of hydrogen-bond acceptors (Lipinski definition) is 3. The smallest absolute Gasteiger partial charge is 0.0457 e. The monoisotopic (exact) mass is 325 g/mol. The molecule has 0 saturated carbocycles. The molecule has 1 spiro atoms. The van der Waals surface area contributed by atoms with Crippen molar-refractivity contribution < 1.29 is 0 Å². The van der Waals surface area contributed by atoms with Crippen molar-refractivity contribution in [1.82, 2.24) is 10.3 Å². The number of fused-ring (bicyclic) bond motifs is 1. The molecule has 3 N–H and O–H groups in total. The fourth-order valence-electron chi connectivity index (χ4n) is 3.22. The van der Waals surface area contributed by atoms with E-state index in [-0.39, 0.29) is 48.7 Å². The number of pyridine rings is 1. The molecule has 0 amide bonds. The molecule has 2 aliphatic rings. The second kappa shape index (κ2) is 7.09. The zero-order chi connectivity index (χ0) is 11.2. The van der Waals surface area contributed by atoms with Gasteiger partial charge in [0.25, 0.3) is 0 Å². The highest BCUT2D eigenvalue weighted by Gasteiger charge is 2.45. The topological polar surface area (TPSA) is 50.9 Å². The number of piperidine rings is 1. The average molecular weight is 327 g/mol. The zero-order valence-corrected chi connectivity index (χ0v) is 13.5. The number of nitrogens with one attached hydrogen (secondary N) is 1. The Balaban J connectivity index is 0.00000108. The summed E-state index contributed by atoms with van der Waals surface area (Å²) in [5.41, 5.74) is 10.5. The summed E-state index contributed by atoms with van der Waals surface area (Å²) in [5.74, 6) is 0. The molecule has 2 heterocycles. The largest absolute Gasteiger partial charge is 0.323 e. The van der Waals surface area contributed by atoms with Crippen molar-refractivity contribution in [3.63, 3.8) is 0 Å². The molecule has 3 rings (SSSR count). The van der Waals surface area contributed by atoms with Gasteiger partial charge in [-0.05, 0) is 55.8 Å². The minimum absolute atomic E-state index is 0. The standard InChI is InChI=1S/C13H19N3.3ClH/c1-9-6-10-11(16-8-9)7-13(12(10)14)2-4-15-5-3-13;;;/h6,8,12,15H,2-5,7,14H2,1H3;3*1H/t12-;;;/m0.../s1. The van der Waals surface area contributed by atoms with Crippen LogP contribution in [-0.4, -0.2) is 18.1 Å². The van der Waals surface area contributed by atoms with Crippen LogP contribution in [0.2, 0.25) is 0 Å². The molecular weight excluding hydrogens is 305 g/mol. The van der Waals surface area contributed by atoms with Gasteiger partial charge in [0, 0.05) is 17.9 Å². The van der Waals surface area contributed by atoms with E-state index in [9.17, 15) is 0 Å². The van der Waals surface area contributed by atoms with Crippen molar-refractivity contribution in [2.75, 3.05) is 13.1 Å². The van der Waals surface area contributed by atoms with Gasteiger partial charge in [-0.15, -0.1) is 37.2 Å². The van der Waals surface area contributed by atoms with Crippen LogP contribution < -0.4 is 11.1 Å². The molecule has 1 aromatic rings. The van der Waals surface area contributed by atoms with E-state index < -0.39 is 0 Å². The molecule has 1 aliphatic heterocycles. The SMILES string of the molecule is Cc1cnc2c(c1)[C@H](N)C1(CCNCC1)C2.Cl.Cl.Cl. The molecule has 1 aliphatic carbocycles. The molecule has 1 atom stereocenters. The van der Waals surface area contributed by atoms with E-state index in [1.807, 2.05) is 6.20 Å². The Kier molecular flexibility index (Phi) is 7.07. The summed E-state index contributed by atoms with van der Waals surface area (Å²) >= 11 is 0. The normalized spacial score (nSPS) is 22.7. The molecule has 1 aromatic heterocycles. The first-order valence-corrected chi connectivity index (χ1v) is 6.13. The van der Waals surface area contributed by atoms with E-state index in [4.69, 9.17) is 5.73 Å². The highest BCUT2D eigenvalue weighted by Crippen LogP contribution is 2.49. The van der Waals surface area contributed by atoms with Crippen molar-refractivity contribution >= 4 is 37.2 Å². The molecule has 1 saturated heterocycles. The summed E-state index contributed by atoms with van der Waals surface area (Å²) in [6.07, 6.45) is 5.41. The Morgan fingerprint density at radius 2 is 1.89 bits per heavy atom. The lowest BCUT2D eigenvalue weighted by atomic mass is 9.74. The van der Waals surface area contributed by atoms with E-state index >= 15 is 0 Å². The summed E-state index contributed by atoms with van der Waals surface area (Å²) in [5, 5.41) is 3.42. The maximum absolute atomic E-state index is 6.46. The maximum Gasteiger partial charge on any atom is 0.0457 e. The van der Waals surface area contributed by atoms with Gasteiger partial charge in [-0.2, -0.15) is 0 Å². The van der Waals surface area contributed by atoms with Crippen LogP contribution >= 0.6 is 37.2 Å². The van der Waals surface area contributed by atoms with Gasteiger partial charge in [-0.1, -0.05) is 6.07 Å². The quantitative estimate of drug-likeness (QED) is 0.770. The summed E-state index contributed by atoms with van der Waals surface area (Å²) in [4.78, 5) is 4.56. The van der Waals surface area contributed by atoms with E-state index in [1.54, 1.807) is 0 Å². The Hall–Kier alpha value is -0.0600. The lowest BCUT2D eigenvalue weighted by molar-refractivity contribution is 0.173. The fraction of sp³-hybridized carbons (Fsp3) is 0.615. The molecule has 0 radical (unpaired) electrons. The van der Waals surface area contributed by atoms with Crippen LogP contribution in [-0.2, 0) is 6.42 Å². The number of rotatable bonds is 0. The van der Waals surface area contributed by atoms with E-state index in [1.165, 1.54) is 29.7 Å². The van der Waals surface area contributed by atoms with Gasteiger partial charge in [-0.3, -0.25) is 4.98 Å². The van der Waals surface area contributed by atoms with Gasteiger partial charge < -0.3 is 11.1 Å². The Morgan fingerprint density at radius 1 is 1.26 bits per heavy atom. The predicted octanol–water partition coefficient (Wildman–Crippen LogP) is 2.58. The molecule has 0 aromatic carbocycles. The third-order valence-corrected chi connectivity index (χ3v) is 4.25. The summed E-state index contributed by atoms with van der Waals surface area (Å²) in [7, 11) is 0. The minimum Gasteiger partial charge on any atom is -0.323 e. The second-order valence-electron chi connectivity index (χ2n) is 5.32. The van der Waals surface area contributed by atoms with Gasteiger partial charge in [0.1, 0.15) is 0 Å². The fourth-order valence-corrected chi connectivity index (χ4v) is 3.22. The van der Waals surface area contributed by atoms with Crippen LogP contribution in [0.25, 0.3) is 0 Å². The number of aromatic nitrogens is 1. The average Bonchev–Trinajstić information content (AvgIpc) is 2.55. The van der Waals surface area contributed by atoms with Crippen LogP contribution in [0, 0.1) is 12.3 Å². The number of nitrogens with zero attached hydrogens (tertiary/aromatic N) is 1. The number of aryl methyl sites for hydroxylation is 1. The van der Waals surface area contributed by atoms with E-state index in [2.05, 4.69) is 23.3 Å². The van der Waals surface area contributed by atoms with Crippen molar-refractivity contribution in [1.29, 1.82) is 0 Å². The highest BCUT2D eigenvalue weighted by atomic mass is 35.5. The summed E-state index contributed by atoms with van der Waals surface area (Å²) in [6.45, 7) is 4.29. The van der Waals surface area contributed by atoms with Crippen LogP contribution in [0.5, 0.6) is 0 Å². The zero-order valence-electron chi connectivity index (χ0n) is 11.0. The van der Waals surface area contributed by atoms with Gasteiger partial charge in [0.15, 0.2) is 0 Å². The van der Waals surface area contributed by atoms with Crippen molar-refractivity contribution in [3.8, 4) is 0 Å². The summed E-state index contributed by atoms with van der Waals surface area (Å²) in [6, 6.07) is 2.42. The number of nitrogens with two attached hydrogens (primary N) is 1. The first-order valence-electron chi connectivity index (χ1n) is 6.13. The summed E-state index contributed by atoms with van der Waals surface area (Å²) < 4.78 is 0. The molecule has 1 fully saturated rings. The maximum atomic E-state index is 6.46. The molecule has 19 heavy (non-hydrogen) atoms. The molecule has 0 bridgehead atoms. The molecule has 0 unspecified atom stereocenters. The highest BCUT2D eigenvalue weighted by molar-refractivity contribution is 5.86. The van der Waals surface area contributed by atoms with Gasteiger partial charge in [0.05, 0.1) is 0 Å².